The Bertz CT molecular complexity index is 1320. The summed E-state index contributed by atoms with van der Waals surface area (Å²) in [7, 11) is 0. The van der Waals surface area contributed by atoms with Gasteiger partial charge in [0, 0.05) is 34.7 Å². The number of carboxylic acids is 1. The maximum Gasteiger partial charge on any atom is 0.313 e. The maximum atomic E-state index is 11.6. The highest BCUT2D eigenvalue weighted by Gasteiger charge is 2.32. The van der Waals surface area contributed by atoms with Gasteiger partial charge in [0.05, 0.1) is 11.1 Å². The number of aliphatic carboxylic acids is 1. The van der Waals surface area contributed by atoms with E-state index in [1.165, 1.54) is 28.0 Å². The summed E-state index contributed by atoms with van der Waals surface area (Å²) < 4.78 is 1.00. The second-order valence-electron chi connectivity index (χ2n) is 11.3. The van der Waals surface area contributed by atoms with Crippen molar-refractivity contribution in [3.05, 3.63) is 91.7 Å². The van der Waals surface area contributed by atoms with E-state index in [1.54, 1.807) is 19.4 Å². The topological polar surface area (TPSA) is 53.4 Å². The lowest BCUT2D eigenvalue weighted by Crippen LogP contribution is -2.32. The van der Waals surface area contributed by atoms with E-state index in [0.717, 1.165) is 79.6 Å². The SMILES string of the molecule is CC(C)(C(=O)O)c1ccc(CCCN2CCC(=C3c4ncccc4CCC4=CC(Cl)=CCC43)CC2)c(Br)c1. The minimum atomic E-state index is -0.898. The Hall–Kier alpha value is -2.21. The van der Waals surface area contributed by atoms with Crippen molar-refractivity contribution in [1.29, 1.82) is 0 Å². The van der Waals surface area contributed by atoms with E-state index < -0.39 is 11.4 Å². The number of nitrogens with zero attached hydrogens (tertiary/aromatic N) is 2. The third-order valence-corrected chi connectivity index (χ3v) is 9.57. The first-order valence-corrected chi connectivity index (χ1v) is 14.9. The molecule has 2 aromatic rings. The largest absolute Gasteiger partial charge is 0.481 e. The molecule has 1 aliphatic heterocycles. The van der Waals surface area contributed by atoms with Gasteiger partial charge in [-0.15, -0.1) is 0 Å². The minimum Gasteiger partial charge on any atom is -0.481 e. The summed E-state index contributed by atoms with van der Waals surface area (Å²) in [6.07, 6.45) is 13.6. The Kier molecular flexibility index (Phi) is 8.27. The van der Waals surface area contributed by atoms with Crippen LogP contribution in [0.25, 0.3) is 5.57 Å². The molecule has 200 valence electrons. The zero-order valence-electron chi connectivity index (χ0n) is 22.3. The summed E-state index contributed by atoms with van der Waals surface area (Å²) in [5, 5.41) is 10.4. The number of pyridine rings is 1. The van der Waals surface area contributed by atoms with Crippen molar-refractivity contribution in [3.63, 3.8) is 0 Å². The first kappa shape index (κ1) is 27.4. The molecule has 0 bridgehead atoms. The molecule has 1 atom stereocenters. The molecule has 1 aromatic carbocycles. The van der Waals surface area contributed by atoms with Gasteiger partial charge in [-0.2, -0.15) is 0 Å². The normalized spacial score (nSPS) is 20.3. The molecule has 3 aliphatic rings. The Morgan fingerprint density at radius 2 is 1.97 bits per heavy atom. The van der Waals surface area contributed by atoms with Crippen LogP contribution >= 0.6 is 27.5 Å². The van der Waals surface area contributed by atoms with Crippen molar-refractivity contribution in [2.75, 3.05) is 19.6 Å². The number of piperidine rings is 1. The van der Waals surface area contributed by atoms with Gasteiger partial charge in [0.15, 0.2) is 0 Å². The van der Waals surface area contributed by atoms with Crippen LogP contribution in [0.5, 0.6) is 0 Å². The monoisotopic (exact) mass is 594 g/mol. The summed E-state index contributed by atoms with van der Waals surface area (Å²) in [6.45, 7) is 6.72. The molecular weight excluding hydrogens is 560 g/mol. The van der Waals surface area contributed by atoms with Crippen molar-refractivity contribution in [2.24, 2.45) is 5.92 Å². The lowest BCUT2D eigenvalue weighted by atomic mass is 9.79. The van der Waals surface area contributed by atoms with Gasteiger partial charge < -0.3 is 10.0 Å². The van der Waals surface area contributed by atoms with Crippen molar-refractivity contribution in [2.45, 2.75) is 64.2 Å². The fourth-order valence-corrected chi connectivity index (χ4v) is 6.89. The van der Waals surface area contributed by atoms with E-state index in [4.69, 9.17) is 16.6 Å². The van der Waals surface area contributed by atoms with Gasteiger partial charge in [0.2, 0.25) is 0 Å². The van der Waals surface area contributed by atoms with Crippen LogP contribution in [0.2, 0.25) is 0 Å². The average Bonchev–Trinajstić information content (AvgIpc) is 3.06. The number of hydrogen-bond donors (Lipinski definition) is 1. The van der Waals surface area contributed by atoms with Gasteiger partial charge in [0.1, 0.15) is 0 Å². The van der Waals surface area contributed by atoms with Gasteiger partial charge in [0.25, 0.3) is 0 Å². The summed E-state index contributed by atoms with van der Waals surface area (Å²) >= 11 is 10.1. The molecule has 2 heterocycles. The van der Waals surface area contributed by atoms with Crippen LogP contribution < -0.4 is 0 Å². The van der Waals surface area contributed by atoms with Gasteiger partial charge >= 0.3 is 5.97 Å². The number of aryl methyl sites for hydroxylation is 2. The highest BCUT2D eigenvalue weighted by atomic mass is 79.9. The average molecular weight is 596 g/mol. The molecule has 38 heavy (non-hydrogen) atoms. The number of likely N-dealkylation sites (tertiary alicyclic amines) is 1. The van der Waals surface area contributed by atoms with E-state index >= 15 is 0 Å². The van der Waals surface area contributed by atoms with E-state index in [2.05, 4.69) is 51.2 Å². The molecule has 1 aromatic heterocycles. The quantitative estimate of drug-likeness (QED) is 0.372. The number of aromatic nitrogens is 1. The number of benzene rings is 1. The number of allylic oxidation sites excluding steroid dienone is 5. The number of hydrogen-bond acceptors (Lipinski definition) is 3. The zero-order valence-corrected chi connectivity index (χ0v) is 24.6. The maximum absolute atomic E-state index is 11.6. The number of carbonyl (C=O) groups is 1. The van der Waals surface area contributed by atoms with Crippen molar-refractivity contribution in [3.8, 4) is 0 Å². The van der Waals surface area contributed by atoms with Crippen LogP contribution in [0.4, 0.5) is 0 Å². The molecule has 6 heteroatoms. The smallest absolute Gasteiger partial charge is 0.313 e. The molecule has 1 saturated heterocycles. The molecule has 0 saturated carbocycles. The fraction of sp³-hybridized carbons (Fsp3) is 0.438. The van der Waals surface area contributed by atoms with E-state index in [-0.39, 0.29) is 0 Å². The molecule has 0 radical (unpaired) electrons. The van der Waals surface area contributed by atoms with Gasteiger partial charge in [-0.05, 0) is 106 Å². The van der Waals surface area contributed by atoms with Crippen LogP contribution in [0, 0.1) is 5.92 Å². The Labute approximate surface area is 239 Å². The summed E-state index contributed by atoms with van der Waals surface area (Å²) in [5.74, 6) is -0.405. The van der Waals surface area contributed by atoms with Gasteiger partial charge in [-0.3, -0.25) is 9.78 Å². The van der Waals surface area contributed by atoms with Crippen LogP contribution in [0.1, 0.15) is 68.3 Å². The number of fused-ring (bicyclic) bond motifs is 2. The number of halogens is 2. The van der Waals surface area contributed by atoms with Crippen molar-refractivity contribution in [1.82, 2.24) is 9.88 Å². The van der Waals surface area contributed by atoms with Gasteiger partial charge in [-0.1, -0.05) is 63.0 Å². The lowest BCUT2D eigenvalue weighted by molar-refractivity contribution is -0.142. The van der Waals surface area contributed by atoms with Crippen molar-refractivity contribution < 1.29 is 9.90 Å². The fourth-order valence-electron chi connectivity index (χ4n) is 6.08. The first-order valence-electron chi connectivity index (χ1n) is 13.7. The molecule has 1 unspecified atom stereocenters. The molecule has 2 aliphatic carbocycles. The highest BCUT2D eigenvalue weighted by Crippen LogP contribution is 2.45. The molecule has 0 amide bonds. The first-order chi connectivity index (χ1) is 18.2. The van der Waals surface area contributed by atoms with Gasteiger partial charge in [-0.25, -0.2) is 0 Å². The lowest BCUT2D eigenvalue weighted by Gasteiger charge is -2.32. The Balaban J connectivity index is 1.24. The molecule has 4 nitrogen and oxygen atoms in total. The van der Waals surface area contributed by atoms with E-state index in [9.17, 15) is 9.90 Å². The summed E-state index contributed by atoms with van der Waals surface area (Å²) in [6, 6.07) is 10.3. The van der Waals surface area contributed by atoms with E-state index in [0.29, 0.717) is 5.92 Å². The Morgan fingerprint density at radius 3 is 2.71 bits per heavy atom. The third-order valence-electron chi connectivity index (χ3n) is 8.57. The second-order valence-corrected chi connectivity index (χ2v) is 12.6. The van der Waals surface area contributed by atoms with Crippen LogP contribution in [-0.2, 0) is 23.1 Å². The van der Waals surface area contributed by atoms with Crippen LogP contribution in [-0.4, -0.2) is 40.6 Å². The molecule has 5 rings (SSSR count). The van der Waals surface area contributed by atoms with Crippen molar-refractivity contribution >= 4 is 39.1 Å². The molecule has 1 N–H and O–H groups in total. The molecular formula is C32H36BrClN2O2. The highest BCUT2D eigenvalue weighted by molar-refractivity contribution is 9.10. The predicted molar refractivity (Wildman–Crippen MR) is 158 cm³/mol. The summed E-state index contributed by atoms with van der Waals surface area (Å²) in [5.41, 5.74) is 8.25. The van der Waals surface area contributed by atoms with E-state index in [1.807, 2.05) is 18.3 Å². The molecule has 0 spiro atoms. The van der Waals surface area contributed by atoms with Crippen LogP contribution in [0.15, 0.2) is 69.3 Å². The number of rotatable bonds is 6. The minimum absolute atomic E-state index is 0.404. The summed E-state index contributed by atoms with van der Waals surface area (Å²) in [4.78, 5) is 19.1. The Morgan fingerprint density at radius 1 is 1.18 bits per heavy atom. The van der Waals surface area contributed by atoms with Crippen LogP contribution in [0.3, 0.4) is 0 Å². The predicted octanol–water partition coefficient (Wildman–Crippen LogP) is 7.70. The third kappa shape index (κ3) is 5.71. The number of carboxylic acid groups (broad SMARTS) is 1. The second kappa shape index (κ2) is 11.5. The molecule has 1 fully saturated rings. The zero-order chi connectivity index (χ0) is 26.9. The standard InChI is InChI=1S/C32H36BrClN2O2/c1-32(2,31(37)38)25-10-9-21(28(33)20-25)6-4-16-36-17-13-22(14-18-36)29-27-12-11-26(34)19-24(27)8-7-23-5-3-15-35-30(23)29/h3,5,9-11,15,19-20,27H,4,6-8,12-14,16-18H2,1-2H3,(H,37,38).